The standard InChI is InChI=1S/C13H16O3/c1-2-9(14)7-3-6-4-8(7)13-11(16)5-10(15)12(6)13/h6-8,12-13H,2-5H2,1H3. The van der Waals surface area contributed by atoms with Crippen molar-refractivity contribution in [3.8, 4) is 0 Å². The summed E-state index contributed by atoms with van der Waals surface area (Å²) in [5, 5.41) is 0. The summed E-state index contributed by atoms with van der Waals surface area (Å²) in [5.74, 6) is 1.03. The monoisotopic (exact) mass is 220 g/mol. The van der Waals surface area contributed by atoms with Crippen LogP contribution in [0.1, 0.15) is 32.6 Å². The van der Waals surface area contributed by atoms with Gasteiger partial charge in [-0.3, -0.25) is 14.4 Å². The van der Waals surface area contributed by atoms with Gasteiger partial charge in [-0.15, -0.1) is 0 Å². The summed E-state index contributed by atoms with van der Waals surface area (Å²) in [4.78, 5) is 35.3. The Kier molecular flexibility index (Phi) is 2.07. The van der Waals surface area contributed by atoms with Crippen LogP contribution in [-0.2, 0) is 14.4 Å². The van der Waals surface area contributed by atoms with Crippen LogP contribution in [-0.4, -0.2) is 17.3 Å². The van der Waals surface area contributed by atoms with E-state index in [1.165, 1.54) is 0 Å². The van der Waals surface area contributed by atoms with Gasteiger partial charge in [-0.1, -0.05) is 6.92 Å². The Morgan fingerprint density at radius 3 is 2.56 bits per heavy atom. The van der Waals surface area contributed by atoms with Gasteiger partial charge >= 0.3 is 0 Å². The third kappa shape index (κ3) is 1.12. The fourth-order valence-corrected chi connectivity index (χ4v) is 4.30. The first-order valence-corrected chi connectivity index (χ1v) is 6.21. The van der Waals surface area contributed by atoms with Crippen LogP contribution in [0.3, 0.4) is 0 Å². The average molecular weight is 220 g/mol. The lowest BCUT2D eigenvalue weighted by molar-refractivity contribution is -0.129. The minimum absolute atomic E-state index is 0.0154. The van der Waals surface area contributed by atoms with Crippen LogP contribution in [0.15, 0.2) is 0 Å². The average Bonchev–Trinajstić information content (AvgIpc) is 2.90. The predicted octanol–water partition coefficient (Wildman–Crippen LogP) is 1.40. The van der Waals surface area contributed by atoms with Crippen LogP contribution in [0, 0.1) is 29.6 Å². The normalized spacial score (nSPS) is 45.2. The van der Waals surface area contributed by atoms with Crippen molar-refractivity contribution < 1.29 is 14.4 Å². The van der Waals surface area contributed by atoms with Crippen molar-refractivity contribution in [3.05, 3.63) is 0 Å². The second-order valence-corrected chi connectivity index (χ2v) is 5.48. The lowest BCUT2D eigenvalue weighted by Gasteiger charge is -2.28. The van der Waals surface area contributed by atoms with Crippen LogP contribution >= 0.6 is 0 Å². The van der Waals surface area contributed by atoms with E-state index in [9.17, 15) is 14.4 Å². The molecular weight excluding hydrogens is 204 g/mol. The Hall–Kier alpha value is -0.990. The maximum Gasteiger partial charge on any atom is 0.144 e. The van der Waals surface area contributed by atoms with Gasteiger partial charge in [-0.25, -0.2) is 0 Å². The molecule has 0 aliphatic heterocycles. The van der Waals surface area contributed by atoms with Gasteiger partial charge in [0, 0.05) is 24.2 Å². The highest BCUT2D eigenvalue weighted by Crippen LogP contribution is 2.58. The van der Waals surface area contributed by atoms with Crippen LogP contribution in [0.5, 0.6) is 0 Å². The van der Waals surface area contributed by atoms with Crippen LogP contribution in [0.25, 0.3) is 0 Å². The van der Waals surface area contributed by atoms with Crippen molar-refractivity contribution in [1.82, 2.24) is 0 Å². The summed E-state index contributed by atoms with van der Waals surface area (Å²) >= 11 is 0. The molecule has 3 aliphatic carbocycles. The molecule has 0 N–H and O–H groups in total. The maximum absolute atomic E-state index is 11.8. The number of rotatable bonds is 2. The van der Waals surface area contributed by atoms with Crippen molar-refractivity contribution in [2.75, 3.05) is 0 Å². The zero-order valence-electron chi connectivity index (χ0n) is 9.44. The summed E-state index contributed by atoms with van der Waals surface area (Å²) in [6.07, 6.45) is 2.49. The summed E-state index contributed by atoms with van der Waals surface area (Å²) in [7, 11) is 0. The number of ketones is 3. The topological polar surface area (TPSA) is 51.2 Å². The molecule has 0 radical (unpaired) electrons. The minimum Gasteiger partial charge on any atom is -0.299 e. The van der Waals surface area contributed by atoms with Crippen molar-refractivity contribution in [1.29, 1.82) is 0 Å². The molecule has 0 heterocycles. The first-order valence-electron chi connectivity index (χ1n) is 6.21. The summed E-state index contributed by atoms with van der Waals surface area (Å²) < 4.78 is 0. The third-order valence-corrected chi connectivity index (χ3v) is 4.86. The van der Waals surface area contributed by atoms with E-state index in [-0.39, 0.29) is 47.4 Å². The Morgan fingerprint density at radius 2 is 1.88 bits per heavy atom. The maximum atomic E-state index is 11.8. The smallest absolute Gasteiger partial charge is 0.144 e. The highest BCUT2D eigenvalue weighted by molar-refractivity contribution is 6.09. The van der Waals surface area contributed by atoms with Crippen LogP contribution < -0.4 is 0 Å². The third-order valence-electron chi connectivity index (χ3n) is 4.86. The van der Waals surface area contributed by atoms with Gasteiger partial charge in [0.2, 0.25) is 0 Å². The largest absolute Gasteiger partial charge is 0.299 e. The first kappa shape index (κ1) is 10.2. The SMILES string of the molecule is CCC(=O)C1CC2CC1C1C(=O)CC(=O)C21. The zero-order valence-corrected chi connectivity index (χ0v) is 9.44. The minimum atomic E-state index is -0.0910. The molecule has 5 atom stereocenters. The molecule has 0 amide bonds. The Bertz CT molecular complexity index is 385. The Morgan fingerprint density at radius 1 is 1.19 bits per heavy atom. The molecule has 3 rings (SSSR count). The molecule has 2 bridgehead atoms. The van der Waals surface area contributed by atoms with E-state index in [1.54, 1.807) is 0 Å². The number of hydrogen-bond acceptors (Lipinski definition) is 3. The first-order chi connectivity index (χ1) is 7.63. The molecular formula is C13H16O3. The number of Topliss-reactive ketones (excluding diaryl/α,β-unsaturated/α-hetero) is 3. The number of carbonyl (C=O) groups excluding carboxylic acids is 3. The van der Waals surface area contributed by atoms with Gasteiger partial charge in [-0.05, 0) is 24.7 Å². The second kappa shape index (κ2) is 3.25. The van der Waals surface area contributed by atoms with Gasteiger partial charge in [-0.2, -0.15) is 0 Å². The molecule has 5 unspecified atom stereocenters. The Labute approximate surface area is 94.6 Å². The Balaban J connectivity index is 1.89. The lowest BCUT2D eigenvalue weighted by Crippen LogP contribution is -2.33. The van der Waals surface area contributed by atoms with Crippen molar-refractivity contribution in [3.63, 3.8) is 0 Å². The van der Waals surface area contributed by atoms with Gasteiger partial charge < -0.3 is 0 Å². The van der Waals surface area contributed by atoms with Gasteiger partial charge in [0.1, 0.15) is 17.3 Å². The molecule has 0 aromatic rings. The van der Waals surface area contributed by atoms with Crippen molar-refractivity contribution >= 4 is 17.3 Å². The van der Waals surface area contributed by atoms with E-state index < -0.39 is 0 Å². The second-order valence-electron chi connectivity index (χ2n) is 5.48. The lowest BCUT2D eigenvalue weighted by atomic mass is 9.73. The van der Waals surface area contributed by atoms with E-state index in [1.807, 2.05) is 6.92 Å². The molecule has 0 saturated heterocycles. The van der Waals surface area contributed by atoms with Crippen molar-refractivity contribution in [2.24, 2.45) is 29.6 Å². The fourth-order valence-electron chi connectivity index (χ4n) is 4.30. The molecule has 0 aromatic heterocycles. The van der Waals surface area contributed by atoms with Crippen LogP contribution in [0.2, 0.25) is 0 Å². The quantitative estimate of drug-likeness (QED) is 0.661. The predicted molar refractivity (Wildman–Crippen MR) is 56.6 cm³/mol. The molecule has 3 nitrogen and oxygen atoms in total. The van der Waals surface area contributed by atoms with E-state index in [0.717, 1.165) is 12.8 Å². The van der Waals surface area contributed by atoms with Crippen LogP contribution in [0.4, 0.5) is 0 Å². The van der Waals surface area contributed by atoms with Gasteiger partial charge in [0.15, 0.2) is 0 Å². The summed E-state index contributed by atoms with van der Waals surface area (Å²) in [5.41, 5.74) is 0. The van der Waals surface area contributed by atoms with Gasteiger partial charge in [0.25, 0.3) is 0 Å². The highest BCUT2D eigenvalue weighted by Gasteiger charge is 2.61. The van der Waals surface area contributed by atoms with Crippen molar-refractivity contribution in [2.45, 2.75) is 32.6 Å². The molecule has 3 heteroatoms. The van der Waals surface area contributed by atoms with Gasteiger partial charge in [0.05, 0.1) is 6.42 Å². The molecule has 16 heavy (non-hydrogen) atoms. The number of carbonyl (C=O) groups is 3. The van der Waals surface area contributed by atoms with E-state index in [0.29, 0.717) is 12.3 Å². The van der Waals surface area contributed by atoms with E-state index in [2.05, 4.69) is 0 Å². The molecule has 3 fully saturated rings. The number of fused-ring (bicyclic) bond motifs is 5. The van der Waals surface area contributed by atoms with E-state index in [4.69, 9.17) is 0 Å². The zero-order chi connectivity index (χ0) is 11.4. The summed E-state index contributed by atoms with van der Waals surface area (Å²) in [6, 6.07) is 0. The molecule has 0 spiro atoms. The highest BCUT2D eigenvalue weighted by atomic mass is 16.2. The number of hydrogen-bond donors (Lipinski definition) is 0. The van der Waals surface area contributed by atoms with E-state index >= 15 is 0 Å². The molecule has 0 aromatic carbocycles. The molecule has 3 saturated carbocycles. The molecule has 86 valence electrons. The molecule has 3 aliphatic rings. The summed E-state index contributed by atoms with van der Waals surface area (Å²) in [6.45, 7) is 1.88. The fraction of sp³-hybridized carbons (Fsp3) is 0.769.